The largest absolute Gasteiger partial charge is 2.00 e. The fourth-order valence-electron chi connectivity index (χ4n) is 9.82. The zero-order valence-corrected chi connectivity index (χ0v) is 54.6. The van der Waals surface area contributed by atoms with E-state index in [-0.39, 0.29) is 83.5 Å². The van der Waals surface area contributed by atoms with E-state index in [0.29, 0.717) is 119 Å². The standard InChI is InChI=1S/2C34H33ClFN3O7.Ca/c2*1-44-28-19-23-25(20-29(28)45-18-5-3-2-4-9-30(40)41)37-17-14-26(23)46-27-8-6-7-24(31(27)35)39-33(43)34(15-16-34)32(42)38-22-12-10-21(36)11-13-22;/h2*6-8,10-14,17,19-20H,2-5,9,15-16,18H2,1H3,(H,38,42)(H,39,43)(H,40,41);/q;;+2/p-2. The van der Waals surface area contributed by atoms with Gasteiger partial charge in [0.1, 0.15) is 55.5 Å². The smallest absolute Gasteiger partial charge is 0.550 e. The first-order valence-corrected chi connectivity index (χ1v) is 30.4. The molecule has 2 fully saturated rings. The zero-order valence-electron chi connectivity index (χ0n) is 50.8. The predicted molar refractivity (Wildman–Crippen MR) is 343 cm³/mol. The van der Waals surface area contributed by atoms with Gasteiger partial charge in [0.2, 0.25) is 23.6 Å². The van der Waals surface area contributed by atoms with Crippen LogP contribution in [-0.4, -0.2) is 111 Å². The van der Waals surface area contributed by atoms with Crippen molar-refractivity contribution in [1.82, 2.24) is 9.97 Å². The van der Waals surface area contributed by atoms with Gasteiger partial charge in [-0.25, -0.2) is 8.78 Å². The van der Waals surface area contributed by atoms with Crippen LogP contribution < -0.4 is 59.9 Å². The Bertz CT molecular complexity index is 3750. The maximum absolute atomic E-state index is 13.3. The summed E-state index contributed by atoms with van der Waals surface area (Å²) < 4.78 is 61.9. The van der Waals surface area contributed by atoms with Crippen molar-refractivity contribution in [2.24, 2.45) is 10.8 Å². The van der Waals surface area contributed by atoms with Crippen LogP contribution in [0.2, 0.25) is 10.0 Å². The Morgan fingerprint density at radius 3 is 1.18 bits per heavy atom. The molecule has 0 unspecified atom stereocenters. The molecule has 4 amide bonds. The number of rotatable bonds is 30. The number of anilines is 4. The van der Waals surface area contributed by atoms with E-state index in [1.165, 1.54) is 62.8 Å². The molecule has 25 heteroatoms. The summed E-state index contributed by atoms with van der Waals surface area (Å²) in [5.41, 5.74) is -0.0122. The molecule has 0 saturated heterocycles. The first kappa shape index (κ1) is 70.3. The molecule has 4 N–H and O–H groups in total. The Morgan fingerprint density at radius 1 is 0.462 bits per heavy atom. The number of aliphatic carboxylic acids is 2. The van der Waals surface area contributed by atoms with Crippen LogP contribution in [0.15, 0.2) is 134 Å². The van der Waals surface area contributed by atoms with E-state index in [4.69, 9.17) is 51.6 Å². The van der Waals surface area contributed by atoms with Gasteiger partial charge >= 0.3 is 37.7 Å². The molecule has 480 valence electrons. The molecule has 10 rings (SSSR count). The minimum Gasteiger partial charge on any atom is -0.550 e. The van der Waals surface area contributed by atoms with Crippen molar-refractivity contribution in [3.05, 3.63) is 155 Å². The number of fused-ring (bicyclic) bond motifs is 2. The Morgan fingerprint density at radius 2 is 0.828 bits per heavy atom. The third-order valence-corrected chi connectivity index (χ3v) is 16.1. The first-order chi connectivity index (χ1) is 44.4. The number of carboxylic acid groups (broad SMARTS) is 2. The number of halogens is 4. The van der Waals surface area contributed by atoms with Gasteiger partial charge in [0.25, 0.3) is 0 Å². The number of nitrogens with zero attached hydrogens (tertiary/aromatic N) is 2. The molecule has 8 aromatic rings. The molecule has 0 spiro atoms. The molecule has 93 heavy (non-hydrogen) atoms. The number of carbonyl (C=O) groups excluding carboxylic acids is 6. The number of nitrogens with one attached hydrogen (secondary N) is 4. The van der Waals surface area contributed by atoms with Crippen molar-refractivity contribution < 1.29 is 76.2 Å². The Kier molecular flexibility index (Phi) is 24.8. The summed E-state index contributed by atoms with van der Waals surface area (Å²) in [6.07, 6.45) is 10.6. The van der Waals surface area contributed by atoms with Gasteiger partial charge in [0.15, 0.2) is 23.0 Å². The van der Waals surface area contributed by atoms with Crippen LogP contribution in [0.4, 0.5) is 31.5 Å². The third-order valence-electron chi connectivity index (χ3n) is 15.3. The van der Waals surface area contributed by atoms with Gasteiger partial charge in [-0.2, -0.15) is 0 Å². The Balaban J connectivity index is 0.000000236. The predicted octanol–water partition coefficient (Wildman–Crippen LogP) is 12.1. The Labute approximate surface area is 573 Å². The number of hydrogen-bond donors (Lipinski definition) is 4. The van der Waals surface area contributed by atoms with E-state index in [0.717, 1.165) is 38.5 Å². The topological polar surface area (TPSA) is 278 Å². The first-order valence-electron chi connectivity index (χ1n) is 29.7. The number of hydrogen-bond acceptors (Lipinski definition) is 16. The van der Waals surface area contributed by atoms with Gasteiger partial charge in [-0.15, -0.1) is 0 Å². The van der Waals surface area contributed by atoms with E-state index in [1.54, 1.807) is 85.2 Å². The number of methoxy groups -OCH3 is 2. The van der Waals surface area contributed by atoms with Crippen molar-refractivity contribution in [2.45, 2.75) is 89.9 Å². The second kappa shape index (κ2) is 32.8. The SMILES string of the molecule is COc1cc2c(Oc3cccc(NC(=O)C4(C(=O)Nc5ccc(F)cc5)CC4)c3Cl)ccnc2cc1OCCCCCCC(=O)[O-].COc1cc2c(Oc3cccc(NC(=O)C4(C(=O)Nc5ccc(F)cc5)CC4)c3Cl)ccnc2cc1OCCCCCCC(=O)[O-].[Ca+2]. The molecular formula is C68H64CaCl2F2N6O14. The second-order valence-electron chi connectivity index (χ2n) is 21.9. The molecule has 6 aromatic carbocycles. The summed E-state index contributed by atoms with van der Waals surface area (Å²) in [6.45, 7) is 0.847. The number of pyridine rings is 2. The number of ether oxygens (including phenoxy) is 6. The average Bonchev–Trinajstić information content (AvgIpc) is 1.77. The molecule has 20 nitrogen and oxygen atoms in total. The number of carbonyl (C=O) groups is 6. The van der Waals surface area contributed by atoms with Crippen molar-refractivity contribution in [3.63, 3.8) is 0 Å². The minimum atomic E-state index is -1.26. The van der Waals surface area contributed by atoms with Gasteiger partial charge in [0.05, 0.1) is 49.8 Å². The Hall–Kier alpha value is -8.54. The summed E-state index contributed by atoms with van der Waals surface area (Å²) in [5.74, 6) is -1.53. The maximum Gasteiger partial charge on any atom is 2.00 e. The maximum atomic E-state index is 13.3. The van der Waals surface area contributed by atoms with Crippen LogP contribution in [0.25, 0.3) is 21.8 Å². The van der Waals surface area contributed by atoms with E-state index in [1.807, 2.05) is 0 Å². The average molecular weight is 1340 g/mol. The van der Waals surface area contributed by atoms with Crippen LogP contribution in [0.1, 0.15) is 89.9 Å². The van der Waals surface area contributed by atoms with Crippen LogP contribution in [0.5, 0.6) is 46.0 Å². The third kappa shape index (κ3) is 18.4. The molecule has 0 atom stereocenters. The van der Waals surface area contributed by atoms with E-state index in [9.17, 15) is 47.8 Å². The van der Waals surface area contributed by atoms with Crippen LogP contribution in [0, 0.1) is 22.5 Å². The summed E-state index contributed by atoms with van der Waals surface area (Å²) in [7, 11) is 3.06. The molecule has 2 aliphatic carbocycles. The summed E-state index contributed by atoms with van der Waals surface area (Å²) in [4.78, 5) is 82.4. The fourth-order valence-corrected chi connectivity index (χ4v) is 10.2. The van der Waals surface area contributed by atoms with Crippen molar-refractivity contribution >= 4 is 141 Å². The van der Waals surface area contributed by atoms with Gasteiger partial charge in [-0.3, -0.25) is 29.1 Å². The number of unbranched alkanes of at least 4 members (excludes halogenated alkanes) is 6. The summed E-state index contributed by atoms with van der Waals surface area (Å²) in [5, 5.41) is 33.6. The molecule has 2 saturated carbocycles. The van der Waals surface area contributed by atoms with Crippen molar-refractivity contribution in [3.8, 4) is 46.0 Å². The minimum absolute atomic E-state index is 0. The van der Waals surface area contributed by atoms with E-state index >= 15 is 0 Å². The summed E-state index contributed by atoms with van der Waals surface area (Å²) in [6, 6.07) is 30.9. The van der Waals surface area contributed by atoms with Crippen LogP contribution in [-0.2, 0) is 28.8 Å². The molecule has 0 aliphatic heterocycles. The van der Waals surface area contributed by atoms with Crippen molar-refractivity contribution in [2.75, 3.05) is 48.7 Å². The monoisotopic (exact) mass is 1340 g/mol. The van der Waals surface area contributed by atoms with Gasteiger partial charge in [-0.05, 0) is 161 Å². The van der Waals surface area contributed by atoms with Gasteiger partial charge in [-0.1, -0.05) is 61.0 Å². The molecule has 0 bridgehead atoms. The molecular weight excluding hydrogens is 1270 g/mol. The van der Waals surface area contributed by atoms with Crippen LogP contribution in [0.3, 0.4) is 0 Å². The number of benzene rings is 6. The molecule has 2 aromatic heterocycles. The van der Waals surface area contributed by atoms with Crippen molar-refractivity contribution in [1.29, 1.82) is 0 Å². The fraction of sp³-hybridized carbons (Fsp3) is 0.294. The number of amides is 4. The van der Waals surface area contributed by atoms with E-state index in [2.05, 4.69) is 31.2 Å². The molecule has 2 heterocycles. The molecule has 2 aliphatic rings. The molecule has 0 radical (unpaired) electrons. The normalized spacial score (nSPS) is 13.0. The van der Waals surface area contributed by atoms with Crippen LogP contribution >= 0.6 is 23.2 Å². The zero-order chi connectivity index (χ0) is 65.4. The van der Waals surface area contributed by atoms with Gasteiger partial charge < -0.3 is 69.5 Å². The summed E-state index contributed by atoms with van der Waals surface area (Å²) >= 11 is 13.4. The van der Waals surface area contributed by atoms with Gasteiger partial charge in [0, 0.05) is 58.6 Å². The number of carboxylic acids is 2. The second-order valence-corrected chi connectivity index (χ2v) is 22.6. The van der Waals surface area contributed by atoms with E-state index < -0.39 is 58.0 Å². The quantitative estimate of drug-likeness (QED) is 0.0185. The number of aromatic nitrogens is 2.